The van der Waals surface area contributed by atoms with Gasteiger partial charge in [0.15, 0.2) is 10.6 Å². The number of hydrogen-bond acceptors (Lipinski definition) is 6. The zero-order valence-electron chi connectivity index (χ0n) is 13.8. The van der Waals surface area contributed by atoms with E-state index in [9.17, 15) is 9.59 Å². The van der Waals surface area contributed by atoms with E-state index < -0.39 is 11.9 Å². The Kier molecular flexibility index (Phi) is 5.00. The van der Waals surface area contributed by atoms with Gasteiger partial charge in [-0.25, -0.2) is 9.59 Å². The summed E-state index contributed by atoms with van der Waals surface area (Å²) in [4.78, 5) is 25.0. The van der Waals surface area contributed by atoms with Gasteiger partial charge in [0, 0.05) is 10.1 Å². The van der Waals surface area contributed by atoms with E-state index in [1.54, 1.807) is 38.3 Å². The second kappa shape index (κ2) is 7.36. The van der Waals surface area contributed by atoms with Crippen molar-refractivity contribution in [1.29, 1.82) is 0 Å². The van der Waals surface area contributed by atoms with Crippen molar-refractivity contribution < 1.29 is 23.8 Å². The molecule has 0 saturated heterocycles. The minimum absolute atomic E-state index is 0.236. The highest BCUT2D eigenvalue weighted by atomic mass is 32.1. The van der Waals surface area contributed by atoms with Crippen LogP contribution in [0.4, 0.5) is 0 Å². The summed E-state index contributed by atoms with van der Waals surface area (Å²) in [5, 5.41) is 0.706. The number of rotatable bonds is 5. The number of thiophene rings is 1. The maximum atomic E-state index is 12.5. The van der Waals surface area contributed by atoms with E-state index in [2.05, 4.69) is 0 Å². The van der Waals surface area contributed by atoms with Gasteiger partial charge < -0.3 is 14.2 Å². The molecule has 3 aromatic rings. The average molecular weight is 356 g/mol. The number of methoxy groups -OCH3 is 1. The van der Waals surface area contributed by atoms with E-state index in [0.29, 0.717) is 16.7 Å². The van der Waals surface area contributed by atoms with Crippen molar-refractivity contribution in [2.24, 2.45) is 0 Å². The fourth-order valence-corrected chi connectivity index (χ4v) is 3.36. The Hall–Kier alpha value is -2.86. The van der Waals surface area contributed by atoms with Gasteiger partial charge in [0.25, 0.3) is 0 Å². The fourth-order valence-electron chi connectivity index (χ4n) is 2.33. The normalized spacial score (nSPS) is 10.5. The summed E-state index contributed by atoms with van der Waals surface area (Å²) in [6.45, 7) is 1.98. The summed E-state index contributed by atoms with van der Waals surface area (Å²) in [5.41, 5.74) is 0.367. The number of carbonyl (C=O) groups excluding carboxylic acids is 2. The van der Waals surface area contributed by atoms with Crippen LogP contribution in [0.5, 0.6) is 11.5 Å². The van der Waals surface area contributed by atoms with E-state index in [1.807, 2.05) is 24.3 Å². The fraction of sp³-hybridized carbons (Fsp3) is 0.158. The van der Waals surface area contributed by atoms with Gasteiger partial charge in [-0.2, -0.15) is 0 Å². The number of benzene rings is 2. The molecule has 0 N–H and O–H groups in total. The molecule has 6 heteroatoms. The third-order valence-electron chi connectivity index (χ3n) is 3.53. The standard InChI is InChI=1S/C19H16O5S/c1-3-23-19(21)17-16(14-6-4-5-7-15(14)25-17)24-18(20)12-8-10-13(22-2)11-9-12/h4-11H,3H2,1-2H3. The Bertz CT molecular complexity index is 911. The van der Waals surface area contributed by atoms with Crippen molar-refractivity contribution in [3.8, 4) is 11.5 Å². The molecule has 0 bridgehead atoms. The minimum atomic E-state index is -0.545. The molecule has 0 unspecified atom stereocenters. The van der Waals surface area contributed by atoms with Crippen molar-refractivity contribution in [3.05, 3.63) is 59.0 Å². The maximum Gasteiger partial charge on any atom is 0.352 e. The zero-order chi connectivity index (χ0) is 17.8. The number of fused-ring (bicyclic) bond motifs is 1. The van der Waals surface area contributed by atoms with Gasteiger partial charge in [-0.15, -0.1) is 11.3 Å². The van der Waals surface area contributed by atoms with Crippen molar-refractivity contribution in [1.82, 2.24) is 0 Å². The monoisotopic (exact) mass is 356 g/mol. The smallest absolute Gasteiger partial charge is 0.352 e. The second-order valence-corrected chi connectivity index (χ2v) is 6.15. The predicted octanol–water partition coefficient (Wildman–Crippen LogP) is 4.31. The summed E-state index contributed by atoms with van der Waals surface area (Å²) in [6, 6.07) is 13.9. The molecule has 1 aromatic heterocycles. The van der Waals surface area contributed by atoms with Crippen LogP contribution in [0.2, 0.25) is 0 Å². The number of hydrogen-bond donors (Lipinski definition) is 0. The molecule has 0 atom stereocenters. The van der Waals surface area contributed by atoms with E-state index in [-0.39, 0.29) is 17.2 Å². The van der Waals surface area contributed by atoms with Crippen molar-refractivity contribution in [2.75, 3.05) is 13.7 Å². The first-order valence-corrected chi connectivity index (χ1v) is 8.50. The molecule has 0 aliphatic carbocycles. The topological polar surface area (TPSA) is 61.8 Å². The van der Waals surface area contributed by atoms with Gasteiger partial charge in [-0.05, 0) is 43.3 Å². The molecule has 2 aromatic carbocycles. The summed E-state index contributed by atoms with van der Waals surface area (Å²) < 4.78 is 16.6. The number of ether oxygens (including phenoxy) is 3. The lowest BCUT2D eigenvalue weighted by atomic mass is 10.2. The molecule has 0 radical (unpaired) electrons. The Morgan fingerprint density at radius 2 is 1.72 bits per heavy atom. The SMILES string of the molecule is CCOC(=O)c1sc2ccccc2c1OC(=O)c1ccc(OC)cc1. The van der Waals surface area contributed by atoms with Crippen LogP contribution >= 0.6 is 11.3 Å². The van der Waals surface area contributed by atoms with Gasteiger partial charge >= 0.3 is 11.9 Å². The molecule has 5 nitrogen and oxygen atoms in total. The first kappa shape index (κ1) is 17.0. The molecule has 3 rings (SSSR count). The predicted molar refractivity (Wildman–Crippen MR) is 95.7 cm³/mol. The quantitative estimate of drug-likeness (QED) is 0.638. The van der Waals surface area contributed by atoms with E-state index in [4.69, 9.17) is 14.2 Å². The molecular weight excluding hydrogens is 340 g/mol. The Morgan fingerprint density at radius 3 is 2.40 bits per heavy atom. The Balaban J connectivity index is 1.97. The van der Waals surface area contributed by atoms with Crippen LogP contribution in [0.3, 0.4) is 0 Å². The van der Waals surface area contributed by atoms with Crippen LogP contribution in [0.1, 0.15) is 27.0 Å². The lowest BCUT2D eigenvalue weighted by Crippen LogP contribution is -2.11. The maximum absolute atomic E-state index is 12.5. The highest BCUT2D eigenvalue weighted by Crippen LogP contribution is 2.38. The van der Waals surface area contributed by atoms with Crippen LogP contribution < -0.4 is 9.47 Å². The van der Waals surface area contributed by atoms with Gasteiger partial charge in [0.05, 0.1) is 19.3 Å². The van der Waals surface area contributed by atoms with Crippen LogP contribution in [0.25, 0.3) is 10.1 Å². The first-order chi connectivity index (χ1) is 12.1. The molecule has 0 spiro atoms. The highest BCUT2D eigenvalue weighted by Gasteiger charge is 2.23. The van der Waals surface area contributed by atoms with Crippen molar-refractivity contribution in [2.45, 2.75) is 6.92 Å². The summed E-state index contributed by atoms with van der Waals surface area (Å²) >= 11 is 1.24. The molecule has 1 heterocycles. The third-order valence-corrected chi connectivity index (χ3v) is 4.66. The van der Waals surface area contributed by atoms with Gasteiger partial charge in [-0.3, -0.25) is 0 Å². The minimum Gasteiger partial charge on any atom is -0.497 e. The Morgan fingerprint density at radius 1 is 1.00 bits per heavy atom. The number of esters is 2. The molecule has 128 valence electrons. The lowest BCUT2D eigenvalue weighted by Gasteiger charge is -2.07. The van der Waals surface area contributed by atoms with Crippen LogP contribution in [-0.2, 0) is 4.74 Å². The van der Waals surface area contributed by atoms with E-state index >= 15 is 0 Å². The number of carbonyl (C=O) groups is 2. The molecule has 0 saturated carbocycles. The van der Waals surface area contributed by atoms with Gasteiger partial charge in [-0.1, -0.05) is 12.1 Å². The van der Waals surface area contributed by atoms with Crippen molar-refractivity contribution in [3.63, 3.8) is 0 Å². The summed E-state index contributed by atoms with van der Waals surface area (Å²) in [7, 11) is 1.55. The third kappa shape index (κ3) is 3.49. The Labute approximate surface area is 148 Å². The largest absolute Gasteiger partial charge is 0.497 e. The molecule has 0 fully saturated rings. The highest BCUT2D eigenvalue weighted by molar-refractivity contribution is 7.21. The van der Waals surface area contributed by atoms with E-state index in [0.717, 1.165) is 4.70 Å². The summed E-state index contributed by atoms with van der Waals surface area (Å²) in [5.74, 6) is -0.164. The molecule has 0 aliphatic heterocycles. The van der Waals surface area contributed by atoms with Gasteiger partial charge in [0.2, 0.25) is 0 Å². The lowest BCUT2D eigenvalue weighted by molar-refractivity contribution is 0.0527. The van der Waals surface area contributed by atoms with Crippen molar-refractivity contribution >= 4 is 33.4 Å². The van der Waals surface area contributed by atoms with E-state index in [1.165, 1.54) is 11.3 Å². The molecule has 0 aliphatic rings. The van der Waals surface area contributed by atoms with Crippen LogP contribution in [0.15, 0.2) is 48.5 Å². The summed E-state index contributed by atoms with van der Waals surface area (Å²) in [6.07, 6.45) is 0. The van der Waals surface area contributed by atoms with Crippen LogP contribution in [-0.4, -0.2) is 25.7 Å². The average Bonchev–Trinajstić information content (AvgIpc) is 3.01. The molecule has 25 heavy (non-hydrogen) atoms. The first-order valence-electron chi connectivity index (χ1n) is 7.69. The van der Waals surface area contributed by atoms with Crippen LogP contribution in [0, 0.1) is 0 Å². The van der Waals surface area contributed by atoms with Gasteiger partial charge in [0.1, 0.15) is 5.75 Å². The molecular formula is C19H16O5S. The second-order valence-electron chi connectivity index (χ2n) is 5.09. The molecule has 0 amide bonds. The zero-order valence-corrected chi connectivity index (χ0v) is 14.6.